The van der Waals surface area contributed by atoms with Crippen molar-refractivity contribution >= 4 is 23.5 Å². The fourth-order valence-corrected chi connectivity index (χ4v) is 4.11. The summed E-state index contributed by atoms with van der Waals surface area (Å²) in [5.41, 5.74) is -1.08. The van der Waals surface area contributed by atoms with Gasteiger partial charge in [-0.15, -0.1) is 0 Å². The van der Waals surface area contributed by atoms with E-state index in [-0.39, 0.29) is 17.8 Å². The Bertz CT molecular complexity index is 685. The molecule has 3 atom stereocenters. The van der Waals surface area contributed by atoms with Crippen LogP contribution >= 0.6 is 11.6 Å². The quantitative estimate of drug-likeness (QED) is 0.573. The van der Waals surface area contributed by atoms with E-state index in [1.54, 1.807) is 18.2 Å². The van der Waals surface area contributed by atoms with Crippen molar-refractivity contribution in [3.05, 3.63) is 29.0 Å². The number of carbonyl (C=O) groups is 2. The number of halogens is 1. The Labute approximate surface area is 166 Å². The van der Waals surface area contributed by atoms with Gasteiger partial charge in [0.25, 0.3) is 0 Å². The first-order valence-corrected chi connectivity index (χ1v) is 9.98. The number of pyridine rings is 1. The first kappa shape index (κ1) is 21.7. The Morgan fingerprint density at radius 2 is 2.00 bits per heavy atom. The molecule has 1 fully saturated rings. The number of hydrogen-bond donors (Lipinski definition) is 1. The van der Waals surface area contributed by atoms with Gasteiger partial charge in [0.05, 0.1) is 5.69 Å². The van der Waals surface area contributed by atoms with E-state index < -0.39 is 17.0 Å². The molecule has 1 aliphatic rings. The maximum atomic E-state index is 12.3. The van der Waals surface area contributed by atoms with Crippen LogP contribution in [0.5, 0.6) is 0 Å². The first-order valence-electron chi connectivity index (χ1n) is 9.60. The molecule has 1 N–H and O–H groups in total. The number of aliphatic carboxylic acids is 1. The summed E-state index contributed by atoms with van der Waals surface area (Å²) in [6, 6.07) is 5.15. The average Bonchev–Trinajstić information content (AvgIpc) is 2.52. The molecule has 2 unspecified atom stereocenters. The standard InChI is InChI=1S/C21H30ClNO4/c1-14-8-9-15(12-18(24)27-20(2,3)4)10-11-21(13-14,19(25)26)16-6-5-7-17(22)23-16/h5-7,14-15H,8-13H2,1-4H3,(H,25,26)/t14?,15?,21-/m1/s1. The van der Waals surface area contributed by atoms with E-state index in [2.05, 4.69) is 11.9 Å². The molecule has 1 heterocycles. The number of hydrogen-bond acceptors (Lipinski definition) is 4. The molecule has 1 saturated carbocycles. The molecule has 0 amide bonds. The average molecular weight is 396 g/mol. The van der Waals surface area contributed by atoms with Crippen LogP contribution in [0, 0.1) is 11.8 Å². The summed E-state index contributed by atoms with van der Waals surface area (Å²) in [4.78, 5) is 28.9. The van der Waals surface area contributed by atoms with Gasteiger partial charge >= 0.3 is 11.9 Å². The third-order valence-corrected chi connectivity index (χ3v) is 5.44. The van der Waals surface area contributed by atoms with Gasteiger partial charge in [0.2, 0.25) is 0 Å². The number of aromatic nitrogens is 1. The second-order valence-electron chi connectivity index (χ2n) is 8.81. The number of ether oxygens (including phenoxy) is 1. The molecular formula is C21H30ClNO4. The van der Waals surface area contributed by atoms with Crippen LogP contribution in [-0.2, 0) is 19.7 Å². The van der Waals surface area contributed by atoms with Gasteiger partial charge in [0, 0.05) is 6.42 Å². The molecular weight excluding hydrogens is 366 g/mol. The van der Waals surface area contributed by atoms with Crippen LogP contribution < -0.4 is 0 Å². The topological polar surface area (TPSA) is 76.5 Å². The zero-order chi connectivity index (χ0) is 20.2. The van der Waals surface area contributed by atoms with E-state index in [0.717, 1.165) is 12.8 Å². The Balaban J connectivity index is 2.23. The minimum atomic E-state index is -1.07. The second-order valence-corrected chi connectivity index (χ2v) is 9.20. The maximum absolute atomic E-state index is 12.3. The van der Waals surface area contributed by atoms with Crippen molar-refractivity contribution in [3.8, 4) is 0 Å². The van der Waals surface area contributed by atoms with Gasteiger partial charge in [0.1, 0.15) is 16.2 Å². The molecule has 6 heteroatoms. The van der Waals surface area contributed by atoms with E-state index >= 15 is 0 Å². The smallest absolute Gasteiger partial charge is 0.315 e. The van der Waals surface area contributed by atoms with Gasteiger partial charge in [-0.05, 0) is 70.4 Å². The number of carboxylic acids is 1. The molecule has 1 aromatic heterocycles. The van der Waals surface area contributed by atoms with Crippen LogP contribution in [0.25, 0.3) is 0 Å². The third kappa shape index (κ3) is 5.93. The Morgan fingerprint density at radius 3 is 2.59 bits per heavy atom. The highest BCUT2D eigenvalue weighted by molar-refractivity contribution is 6.29. The van der Waals surface area contributed by atoms with Crippen molar-refractivity contribution in [2.45, 2.75) is 77.2 Å². The molecule has 5 nitrogen and oxygen atoms in total. The minimum Gasteiger partial charge on any atom is -0.481 e. The van der Waals surface area contributed by atoms with Gasteiger partial charge < -0.3 is 9.84 Å². The molecule has 1 aliphatic carbocycles. The SMILES string of the molecule is CC1CCC(CC(=O)OC(C)(C)C)CC[C@](C(=O)O)(c2cccc(Cl)n2)C1. The molecule has 0 aliphatic heterocycles. The van der Waals surface area contributed by atoms with Crippen LogP contribution in [0.3, 0.4) is 0 Å². The largest absolute Gasteiger partial charge is 0.481 e. The molecule has 0 saturated heterocycles. The number of carboxylic acid groups (broad SMARTS) is 1. The molecule has 2 rings (SSSR count). The van der Waals surface area contributed by atoms with Gasteiger partial charge in [-0.3, -0.25) is 9.59 Å². The molecule has 150 valence electrons. The minimum absolute atomic E-state index is 0.112. The lowest BCUT2D eigenvalue weighted by molar-refractivity contribution is -0.156. The lowest BCUT2D eigenvalue weighted by atomic mass is 9.68. The van der Waals surface area contributed by atoms with Gasteiger partial charge in [-0.25, -0.2) is 4.98 Å². The summed E-state index contributed by atoms with van der Waals surface area (Å²) in [6.45, 7) is 7.63. The number of esters is 1. The number of carbonyl (C=O) groups excluding carboxylic acids is 1. The molecule has 27 heavy (non-hydrogen) atoms. The molecule has 0 radical (unpaired) electrons. The van der Waals surface area contributed by atoms with Crippen LogP contribution in [0.15, 0.2) is 18.2 Å². The van der Waals surface area contributed by atoms with Gasteiger partial charge in [-0.2, -0.15) is 0 Å². The number of nitrogens with zero attached hydrogens (tertiary/aromatic N) is 1. The fraction of sp³-hybridized carbons (Fsp3) is 0.667. The van der Waals surface area contributed by atoms with Crippen LogP contribution in [0.1, 0.15) is 71.9 Å². The summed E-state index contributed by atoms with van der Waals surface area (Å²) in [5, 5.41) is 10.4. The van der Waals surface area contributed by atoms with E-state index in [1.165, 1.54) is 0 Å². The highest BCUT2D eigenvalue weighted by atomic mass is 35.5. The van der Waals surface area contributed by atoms with Crippen LogP contribution in [0.2, 0.25) is 5.15 Å². The lowest BCUT2D eigenvalue weighted by Gasteiger charge is -2.36. The Morgan fingerprint density at radius 1 is 1.30 bits per heavy atom. The summed E-state index contributed by atoms with van der Waals surface area (Å²) in [6.07, 6.45) is 3.71. The Kier molecular flexibility index (Phi) is 6.90. The monoisotopic (exact) mass is 395 g/mol. The summed E-state index contributed by atoms with van der Waals surface area (Å²) < 4.78 is 5.45. The van der Waals surface area contributed by atoms with Crippen molar-refractivity contribution < 1.29 is 19.4 Å². The molecule has 0 aromatic carbocycles. The summed E-state index contributed by atoms with van der Waals surface area (Å²) in [7, 11) is 0. The zero-order valence-corrected chi connectivity index (χ0v) is 17.4. The molecule has 0 spiro atoms. The lowest BCUT2D eigenvalue weighted by Crippen LogP contribution is -2.40. The first-order chi connectivity index (χ1) is 12.5. The van der Waals surface area contributed by atoms with Crippen LogP contribution in [-0.4, -0.2) is 27.6 Å². The van der Waals surface area contributed by atoms with Crippen molar-refractivity contribution in [1.82, 2.24) is 4.98 Å². The predicted molar refractivity (Wildman–Crippen MR) is 105 cm³/mol. The second kappa shape index (κ2) is 8.59. The predicted octanol–water partition coefficient (Wildman–Crippen LogP) is 5.01. The molecule has 1 aromatic rings. The van der Waals surface area contributed by atoms with Crippen molar-refractivity contribution in [2.75, 3.05) is 0 Å². The van der Waals surface area contributed by atoms with E-state index in [9.17, 15) is 14.7 Å². The van der Waals surface area contributed by atoms with Crippen molar-refractivity contribution in [3.63, 3.8) is 0 Å². The zero-order valence-electron chi connectivity index (χ0n) is 16.6. The normalized spacial score (nSPS) is 26.7. The van der Waals surface area contributed by atoms with Gasteiger partial charge in [0.15, 0.2) is 0 Å². The van der Waals surface area contributed by atoms with Gasteiger partial charge in [-0.1, -0.05) is 31.0 Å². The summed E-state index contributed by atoms with van der Waals surface area (Å²) >= 11 is 6.03. The van der Waals surface area contributed by atoms with Crippen LogP contribution in [0.4, 0.5) is 0 Å². The number of rotatable bonds is 4. The summed E-state index contributed by atoms with van der Waals surface area (Å²) in [5.74, 6) is -0.770. The van der Waals surface area contributed by atoms with E-state index in [0.29, 0.717) is 36.5 Å². The maximum Gasteiger partial charge on any atom is 0.315 e. The fourth-order valence-electron chi connectivity index (χ4n) is 3.95. The van der Waals surface area contributed by atoms with Crippen molar-refractivity contribution in [1.29, 1.82) is 0 Å². The molecule has 0 bridgehead atoms. The van der Waals surface area contributed by atoms with E-state index in [4.69, 9.17) is 16.3 Å². The third-order valence-electron chi connectivity index (χ3n) is 5.23. The van der Waals surface area contributed by atoms with Crippen molar-refractivity contribution in [2.24, 2.45) is 11.8 Å². The Hall–Kier alpha value is -1.62. The van der Waals surface area contributed by atoms with E-state index in [1.807, 2.05) is 20.8 Å². The highest BCUT2D eigenvalue weighted by Crippen LogP contribution is 2.41. The highest BCUT2D eigenvalue weighted by Gasteiger charge is 2.44.